The van der Waals surface area contributed by atoms with Crippen molar-refractivity contribution in [2.24, 2.45) is 0 Å². The van der Waals surface area contributed by atoms with Crippen LogP contribution in [0.2, 0.25) is 0 Å². The highest BCUT2D eigenvalue weighted by atomic mass is 32.2. The fourth-order valence-electron chi connectivity index (χ4n) is 0.799. The lowest BCUT2D eigenvalue weighted by Gasteiger charge is -2.08. The van der Waals surface area contributed by atoms with Gasteiger partial charge in [0.15, 0.2) is 0 Å². The molecule has 0 aromatic heterocycles. The molecule has 1 atom stereocenters. The Labute approximate surface area is 70.8 Å². The lowest BCUT2D eigenvalue weighted by atomic mass is 10.4. The van der Waals surface area contributed by atoms with Gasteiger partial charge in [0.05, 0.1) is 12.2 Å². The van der Waals surface area contributed by atoms with E-state index in [-0.39, 0.29) is 12.2 Å². The molecule has 5 nitrogen and oxygen atoms in total. The maximum absolute atomic E-state index is 10.8. The molecule has 0 aliphatic carbocycles. The van der Waals surface area contributed by atoms with Crippen molar-refractivity contribution in [2.75, 3.05) is 5.75 Å². The molecule has 1 aliphatic heterocycles. The predicted molar refractivity (Wildman–Crippen MR) is 39.7 cm³/mol. The number of carbonyl (C=O) groups excluding carboxylic acids is 1. The van der Waals surface area contributed by atoms with E-state index in [0.717, 1.165) is 0 Å². The van der Waals surface area contributed by atoms with Gasteiger partial charge in [0.25, 0.3) is 10.1 Å². The molecule has 0 amide bonds. The van der Waals surface area contributed by atoms with E-state index in [1.807, 2.05) is 0 Å². The Morgan fingerprint density at radius 2 is 2.33 bits per heavy atom. The Kier molecular flexibility index (Phi) is 2.69. The number of rotatable bonds is 3. The Morgan fingerprint density at radius 3 is 2.75 bits per heavy atom. The summed E-state index contributed by atoms with van der Waals surface area (Å²) in [6, 6.07) is 0. The third-order valence-electron chi connectivity index (χ3n) is 1.45. The first-order chi connectivity index (χ1) is 5.53. The zero-order valence-electron chi connectivity index (χ0n) is 6.65. The molecule has 0 saturated carbocycles. The molecule has 1 saturated heterocycles. The summed E-state index contributed by atoms with van der Waals surface area (Å²) in [5, 5.41) is 0. The van der Waals surface area contributed by atoms with E-state index in [0.29, 0.717) is 6.42 Å². The molecule has 0 bridgehead atoms. The van der Waals surface area contributed by atoms with Gasteiger partial charge in [-0.2, -0.15) is 8.42 Å². The van der Waals surface area contributed by atoms with Crippen LogP contribution >= 0.6 is 0 Å². The van der Waals surface area contributed by atoms with Crippen LogP contribution in [0.5, 0.6) is 0 Å². The number of hydrogen-bond acceptors (Lipinski definition) is 5. The van der Waals surface area contributed by atoms with E-state index < -0.39 is 22.4 Å². The normalized spacial score (nSPS) is 24.1. The van der Waals surface area contributed by atoms with E-state index in [9.17, 15) is 13.2 Å². The van der Waals surface area contributed by atoms with E-state index >= 15 is 0 Å². The summed E-state index contributed by atoms with van der Waals surface area (Å²) in [7, 11) is -3.50. The van der Waals surface area contributed by atoms with Crippen molar-refractivity contribution < 1.29 is 22.1 Å². The van der Waals surface area contributed by atoms with Crippen LogP contribution in [0.25, 0.3) is 0 Å². The van der Waals surface area contributed by atoms with Crippen molar-refractivity contribution in [1.29, 1.82) is 0 Å². The molecule has 0 N–H and O–H groups in total. The smallest absolute Gasteiger partial charge is 0.308 e. The van der Waals surface area contributed by atoms with Gasteiger partial charge in [0.2, 0.25) is 6.29 Å². The second-order valence-electron chi connectivity index (χ2n) is 2.40. The molecule has 12 heavy (non-hydrogen) atoms. The first-order valence-corrected chi connectivity index (χ1v) is 5.21. The molecule has 1 heterocycles. The minimum atomic E-state index is -3.50. The molecule has 1 aliphatic rings. The monoisotopic (exact) mass is 194 g/mol. The maximum atomic E-state index is 10.8. The van der Waals surface area contributed by atoms with Crippen molar-refractivity contribution in [3.63, 3.8) is 0 Å². The van der Waals surface area contributed by atoms with Gasteiger partial charge < -0.3 is 4.74 Å². The average molecular weight is 194 g/mol. The van der Waals surface area contributed by atoms with Gasteiger partial charge >= 0.3 is 5.97 Å². The molecular weight excluding hydrogens is 184 g/mol. The molecule has 0 aromatic rings. The van der Waals surface area contributed by atoms with Crippen LogP contribution in [0, 0.1) is 0 Å². The SMILES string of the molecule is CCS(=O)(=O)OC1CCC(=O)O1. The van der Waals surface area contributed by atoms with E-state index in [1.54, 1.807) is 0 Å². The quantitative estimate of drug-likeness (QED) is 0.467. The van der Waals surface area contributed by atoms with Crippen LogP contribution in [0.4, 0.5) is 0 Å². The summed E-state index contributed by atoms with van der Waals surface area (Å²) < 4.78 is 30.8. The van der Waals surface area contributed by atoms with Crippen molar-refractivity contribution >= 4 is 16.1 Å². The Bertz CT molecular complexity index is 268. The van der Waals surface area contributed by atoms with Gasteiger partial charge in [-0.1, -0.05) is 0 Å². The van der Waals surface area contributed by atoms with Gasteiger partial charge in [-0.25, -0.2) is 4.18 Å². The highest BCUT2D eigenvalue weighted by molar-refractivity contribution is 7.86. The number of hydrogen-bond donors (Lipinski definition) is 0. The fourth-order valence-corrected chi connectivity index (χ4v) is 1.40. The minimum Gasteiger partial charge on any atom is -0.434 e. The largest absolute Gasteiger partial charge is 0.434 e. The molecule has 0 spiro atoms. The second kappa shape index (κ2) is 3.40. The van der Waals surface area contributed by atoms with Gasteiger partial charge in [-0.3, -0.25) is 4.79 Å². The summed E-state index contributed by atoms with van der Waals surface area (Å²) in [6.07, 6.45) is -0.357. The molecule has 0 aromatic carbocycles. The molecule has 6 heteroatoms. The molecular formula is C6H10O5S. The van der Waals surface area contributed by atoms with Crippen LogP contribution in [0.15, 0.2) is 0 Å². The minimum absolute atomic E-state index is 0.110. The van der Waals surface area contributed by atoms with Crippen LogP contribution < -0.4 is 0 Å². The standard InChI is InChI=1S/C6H10O5S/c1-2-12(8,9)11-6-4-3-5(7)10-6/h6H,2-4H2,1H3. The summed E-state index contributed by atoms with van der Waals surface area (Å²) in [6.45, 7) is 1.46. The number of cyclic esters (lactones) is 1. The molecule has 1 rings (SSSR count). The lowest BCUT2D eigenvalue weighted by Crippen LogP contribution is -2.19. The van der Waals surface area contributed by atoms with E-state index in [2.05, 4.69) is 8.92 Å². The van der Waals surface area contributed by atoms with Crippen LogP contribution in [0.1, 0.15) is 19.8 Å². The summed E-state index contributed by atoms with van der Waals surface area (Å²) >= 11 is 0. The van der Waals surface area contributed by atoms with Crippen LogP contribution in [0.3, 0.4) is 0 Å². The van der Waals surface area contributed by atoms with Gasteiger partial charge in [0.1, 0.15) is 0 Å². The van der Waals surface area contributed by atoms with Crippen molar-refractivity contribution in [3.05, 3.63) is 0 Å². The average Bonchev–Trinajstić information content (AvgIpc) is 2.35. The Balaban J connectivity index is 2.48. The molecule has 70 valence electrons. The van der Waals surface area contributed by atoms with E-state index in [4.69, 9.17) is 0 Å². The zero-order chi connectivity index (χ0) is 9.19. The topological polar surface area (TPSA) is 69.7 Å². The highest BCUT2D eigenvalue weighted by Crippen LogP contribution is 2.16. The first kappa shape index (κ1) is 9.47. The third kappa shape index (κ3) is 2.46. The number of esters is 1. The summed E-state index contributed by atoms with van der Waals surface area (Å²) in [5.41, 5.74) is 0. The van der Waals surface area contributed by atoms with Crippen LogP contribution in [-0.2, 0) is 23.8 Å². The Morgan fingerprint density at radius 1 is 1.67 bits per heavy atom. The predicted octanol–water partition coefficient (Wildman–Crippen LogP) is 0.0158. The molecule has 0 radical (unpaired) electrons. The highest BCUT2D eigenvalue weighted by Gasteiger charge is 2.28. The van der Waals surface area contributed by atoms with Crippen molar-refractivity contribution in [2.45, 2.75) is 26.1 Å². The second-order valence-corrected chi connectivity index (χ2v) is 4.29. The van der Waals surface area contributed by atoms with E-state index in [1.165, 1.54) is 6.92 Å². The van der Waals surface area contributed by atoms with Gasteiger partial charge in [-0.15, -0.1) is 0 Å². The number of ether oxygens (including phenoxy) is 1. The fraction of sp³-hybridized carbons (Fsp3) is 0.833. The van der Waals surface area contributed by atoms with Crippen molar-refractivity contribution in [3.8, 4) is 0 Å². The number of carbonyl (C=O) groups is 1. The molecule has 1 fully saturated rings. The van der Waals surface area contributed by atoms with Crippen LogP contribution in [-0.4, -0.2) is 26.4 Å². The first-order valence-electron chi connectivity index (χ1n) is 3.64. The lowest BCUT2D eigenvalue weighted by molar-refractivity contribution is -0.150. The summed E-state index contributed by atoms with van der Waals surface area (Å²) in [4.78, 5) is 10.5. The zero-order valence-corrected chi connectivity index (χ0v) is 7.46. The van der Waals surface area contributed by atoms with Gasteiger partial charge in [0, 0.05) is 6.42 Å². The van der Waals surface area contributed by atoms with Gasteiger partial charge in [-0.05, 0) is 6.92 Å². The third-order valence-corrected chi connectivity index (χ3v) is 2.67. The molecule has 1 unspecified atom stereocenters. The van der Waals surface area contributed by atoms with Crippen molar-refractivity contribution in [1.82, 2.24) is 0 Å². The maximum Gasteiger partial charge on any atom is 0.308 e. The summed E-state index contributed by atoms with van der Waals surface area (Å²) in [5.74, 6) is -0.521. The Hall–Kier alpha value is -0.620.